The summed E-state index contributed by atoms with van der Waals surface area (Å²) >= 11 is 3.07. The van der Waals surface area contributed by atoms with Crippen molar-refractivity contribution in [1.29, 1.82) is 0 Å². The fraction of sp³-hybridized carbons (Fsp3) is 0.200. The standard InChI is InChI=1S/C30H27FN2O3S2/c1-36-24-12-10-21(11-13-24)22-15-25-27(26(16-22)33-35)30(37-18-19-6-3-2-4-7-19)38-28(25)29(34)32-17-20-8-5-9-23(31)14-20/h2-14,22,35H,15-18H2,1H3,(H,32,34)/b33-26+. The predicted octanol–water partition coefficient (Wildman–Crippen LogP) is 7.03. The number of carbonyl (C=O) groups excluding carboxylic acids is 1. The van der Waals surface area contributed by atoms with Crippen LogP contribution in [0.3, 0.4) is 0 Å². The number of carbonyl (C=O) groups is 1. The molecule has 5 nitrogen and oxygen atoms in total. The highest BCUT2D eigenvalue weighted by Crippen LogP contribution is 2.45. The highest BCUT2D eigenvalue weighted by atomic mass is 32.2. The number of rotatable bonds is 8. The van der Waals surface area contributed by atoms with Gasteiger partial charge in [-0.1, -0.05) is 59.8 Å². The van der Waals surface area contributed by atoms with E-state index in [1.165, 1.54) is 29.0 Å². The Bertz CT molecular complexity index is 1450. The molecule has 3 aromatic carbocycles. The summed E-state index contributed by atoms with van der Waals surface area (Å²) in [6.45, 7) is 0.221. The minimum absolute atomic E-state index is 0.0515. The molecule has 1 aliphatic rings. The average Bonchev–Trinajstić information content (AvgIpc) is 3.33. The lowest BCUT2D eigenvalue weighted by Gasteiger charge is -2.25. The third-order valence-electron chi connectivity index (χ3n) is 6.62. The largest absolute Gasteiger partial charge is 0.497 e. The van der Waals surface area contributed by atoms with E-state index in [1.54, 1.807) is 31.0 Å². The molecule has 1 atom stereocenters. The fourth-order valence-electron chi connectivity index (χ4n) is 4.70. The number of benzene rings is 3. The van der Waals surface area contributed by atoms with Gasteiger partial charge >= 0.3 is 0 Å². The molecular weight excluding hydrogens is 519 g/mol. The number of ether oxygens (including phenoxy) is 1. The molecule has 194 valence electrons. The molecule has 5 rings (SSSR count). The smallest absolute Gasteiger partial charge is 0.261 e. The van der Waals surface area contributed by atoms with Gasteiger partial charge in [-0.2, -0.15) is 0 Å². The average molecular weight is 547 g/mol. The fourth-order valence-corrected chi connectivity index (χ4v) is 7.24. The van der Waals surface area contributed by atoms with Crippen LogP contribution in [-0.4, -0.2) is 23.9 Å². The Kier molecular flexibility index (Phi) is 8.10. The van der Waals surface area contributed by atoms with Gasteiger partial charge in [0.15, 0.2) is 0 Å². The van der Waals surface area contributed by atoms with Crippen molar-refractivity contribution in [2.24, 2.45) is 5.16 Å². The zero-order valence-electron chi connectivity index (χ0n) is 20.8. The summed E-state index contributed by atoms with van der Waals surface area (Å²) in [7, 11) is 1.63. The van der Waals surface area contributed by atoms with Gasteiger partial charge in [0.25, 0.3) is 5.91 Å². The van der Waals surface area contributed by atoms with Crippen LogP contribution < -0.4 is 10.1 Å². The molecule has 1 aliphatic carbocycles. The van der Waals surface area contributed by atoms with Crippen molar-refractivity contribution in [3.63, 3.8) is 0 Å². The first-order valence-electron chi connectivity index (χ1n) is 12.3. The molecule has 0 fully saturated rings. The van der Waals surface area contributed by atoms with Gasteiger partial charge in [-0.05, 0) is 58.9 Å². The van der Waals surface area contributed by atoms with E-state index in [4.69, 9.17) is 4.74 Å². The van der Waals surface area contributed by atoms with Gasteiger partial charge in [-0.25, -0.2) is 4.39 Å². The molecule has 0 spiro atoms. The van der Waals surface area contributed by atoms with Crippen LogP contribution in [0.2, 0.25) is 0 Å². The van der Waals surface area contributed by atoms with Gasteiger partial charge < -0.3 is 15.3 Å². The van der Waals surface area contributed by atoms with E-state index < -0.39 is 0 Å². The van der Waals surface area contributed by atoms with Crippen LogP contribution in [-0.2, 0) is 18.7 Å². The van der Waals surface area contributed by atoms with Crippen LogP contribution in [0.15, 0.2) is 88.2 Å². The first-order chi connectivity index (χ1) is 18.6. The van der Waals surface area contributed by atoms with E-state index in [0.29, 0.717) is 29.0 Å². The lowest BCUT2D eigenvalue weighted by atomic mass is 9.80. The topological polar surface area (TPSA) is 70.9 Å². The van der Waals surface area contributed by atoms with Crippen molar-refractivity contribution in [3.05, 3.63) is 117 Å². The zero-order chi connectivity index (χ0) is 26.5. The molecule has 0 bridgehead atoms. The van der Waals surface area contributed by atoms with Crippen molar-refractivity contribution in [2.45, 2.75) is 35.3 Å². The van der Waals surface area contributed by atoms with Crippen molar-refractivity contribution in [2.75, 3.05) is 7.11 Å². The number of methoxy groups -OCH3 is 1. The second kappa shape index (κ2) is 11.8. The zero-order valence-corrected chi connectivity index (χ0v) is 22.4. The Morgan fingerprint density at radius 2 is 1.84 bits per heavy atom. The van der Waals surface area contributed by atoms with Crippen molar-refractivity contribution < 1.29 is 19.1 Å². The van der Waals surface area contributed by atoms with Crippen LogP contribution >= 0.6 is 23.1 Å². The molecule has 8 heteroatoms. The van der Waals surface area contributed by atoms with Crippen LogP contribution in [0.1, 0.15) is 49.8 Å². The summed E-state index contributed by atoms with van der Waals surface area (Å²) in [6, 6.07) is 24.2. The highest BCUT2D eigenvalue weighted by molar-refractivity contribution is 8.00. The number of oxime groups is 1. The lowest BCUT2D eigenvalue weighted by molar-refractivity contribution is 0.0954. The Hall–Kier alpha value is -3.62. The van der Waals surface area contributed by atoms with Gasteiger partial charge in [-0.15, -0.1) is 23.1 Å². The normalized spacial score (nSPS) is 15.7. The predicted molar refractivity (Wildman–Crippen MR) is 150 cm³/mol. The number of amides is 1. The number of thiophene rings is 1. The maximum Gasteiger partial charge on any atom is 0.261 e. The van der Waals surface area contributed by atoms with Crippen LogP contribution in [0.4, 0.5) is 4.39 Å². The van der Waals surface area contributed by atoms with E-state index >= 15 is 0 Å². The van der Waals surface area contributed by atoms with Crippen molar-refractivity contribution in [1.82, 2.24) is 5.32 Å². The first-order valence-corrected chi connectivity index (χ1v) is 14.1. The molecular formula is C30H27FN2O3S2. The van der Waals surface area contributed by atoms with E-state index in [1.807, 2.05) is 42.5 Å². The number of hydrogen-bond donors (Lipinski definition) is 2. The monoisotopic (exact) mass is 546 g/mol. The molecule has 0 radical (unpaired) electrons. The van der Waals surface area contributed by atoms with Gasteiger partial charge in [0, 0.05) is 24.3 Å². The Morgan fingerprint density at radius 1 is 1.08 bits per heavy atom. The van der Waals surface area contributed by atoms with Crippen LogP contribution in [0, 0.1) is 5.82 Å². The summed E-state index contributed by atoms with van der Waals surface area (Å²) in [4.78, 5) is 14.1. The van der Waals surface area contributed by atoms with Crippen LogP contribution in [0.25, 0.3) is 0 Å². The van der Waals surface area contributed by atoms with Gasteiger partial charge in [0.1, 0.15) is 11.6 Å². The Morgan fingerprint density at radius 3 is 2.55 bits per heavy atom. The molecule has 1 heterocycles. The minimum atomic E-state index is -0.337. The number of halogens is 1. The first kappa shape index (κ1) is 26.0. The summed E-state index contributed by atoms with van der Waals surface area (Å²) in [5.74, 6) is 1.01. The second-order valence-corrected chi connectivity index (χ2v) is 11.3. The second-order valence-electron chi connectivity index (χ2n) is 9.08. The maximum atomic E-state index is 13.6. The maximum absolute atomic E-state index is 13.6. The van der Waals surface area contributed by atoms with Gasteiger partial charge in [-0.3, -0.25) is 4.79 Å². The SMILES string of the molecule is COc1ccc(C2C/C(=N\O)c3c(SCc4ccccc4)sc(C(=O)NCc4cccc(F)c4)c3C2)cc1. The molecule has 38 heavy (non-hydrogen) atoms. The minimum Gasteiger partial charge on any atom is -0.497 e. The van der Waals surface area contributed by atoms with E-state index in [0.717, 1.165) is 32.4 Å². The number of fused-ring (bicyclic) bond motifs is 1. The highest BCUT2D eigenvalue weighted by Gasteiger charge is 2.34. The van der Waals surface area contributed by atoms with Gasteiger partial charge in [0.05, 0.1) is 21.9 Å². The molecule has 4 aromatic rings. The van der Waals surface area contributed by atoms with Crippen molar-refractivity contribution >= 4 is 34.7 Å². The summed E-state index contributed by atoms with van der Waals surface area (Å²) in [5.41, 5.74) is 5.29. The number of nitrogens with one attached hydrogen (secondary N) is 1. The summed E-state index contributed by atoms with van der Waals surface area (Å²) in [5, 5.41) is 16.7. The molecule has 0 saturated heterocycles. The quantitative estimate of drug-likeness (QED) is 0.141. The van der Waals surface area contributed by atoms with Crippen molar-refractivity contribution in [3.8, 4) is 5.75 Å². The van der Waals surface area contributed by atoms with Crippen LogP contribution in [0.5, 0.6) is 5.75 Å². The third kappa shape index (κ3) is 5.76. The number of nitrogens with zero attached hydrogens (tertiary/aromatic N) is 1. The molecule has 1 aromatic heterocycles. The molecule has 0 aliphatic heterocycles. The lowest BCUT2D eigenvalue weighted by Crippen LogP contribution is -2.25. The Labute approximate surface area is 229 Å². The summed E-state index contributed by atoms with van der Waals surface area (Å²) < 4.78 is 19.9. The summed E-state index contributed by atoms with van der Waals surface area (Å²) in [6.07, 6.45) is 1.21. The number of thioether (sulfide) groups is 1. The van der Waals surface area contributed by atoms with Gasteiger partial charge in [0.2, 0.25) is 0 Å². The molecule has 1 unspecified atom stereocenters. The number of hydrogen-bond acceptors (Lipinski definition) is 6. The van der Waals surface area contributed by atoms with E-state index in [-0.39, 0.29) is 24.2 Å². The molecule has 2 N–H and O–H groups in total. The Balaban J connectivity index is 1.47. The van der Waals surface area contributed by atoms with E-state index in [9.17, 15) is 14.4 Å². The molecule has 0 saturated carbocycles. The molecule has 1 amide bonds. The van der Waals surface area contributed by atoms with E-state index in [2.05, 4.69) is 22.6 Å². The third-order valence-corrected chi connectivity index (χ3v) is 9.20.